The molecule has 0 unspecified atom stereocenters. The van der Waals surface area contributed by atoms with Gasteiger partial charge in [-0.3, -0.25) is 0 Å². The third kappa shape index (κ3) is 4.99. The monoisotopic (exact) mass is 495 g/mol. The van der Waals surface area contributed by atoms with Crippen LogP contribution in [0.15, 0.2) is 66.9 Å². The second-order valence-electron chi connectivity index (χ2n) is 9.06. The summed E-state index contributed by atoms with van der Waals surface area (Å²) >= 11 is 0. The Kier molecular flexibility index (Phi) is 7.04. The van der Waals surface area contributed by atoms with Crippen LogP contribution in [0.3, 0.4) is 0 Å². The van der Waals surface area contributed by atoms with Gasteiger partial charge >= 0.3 is 0 Å². The summed E-state index contributed by atoms with van der Waals surface area (Å²) < 4.78 is 3.06. The van der Waals surface area contributed by atoms with Crippen LogP contribution in [0.5, 0.6) is 0 Å². The SMILES string of the molecule is CCCCc1nc(CO)cn1Cc1ccc(-c2ccccc2-c2nnn[nH]2)c(-c2cccc(C)[n+]2[O-])c1. The van der Waals surface area contributed by atoms with Crippen molar-refractivity contribution in [2.45, 2.75) is 46.3 Å². The van der Waals surface area contributed by atoms with Crippen molar-refractivity contribution in [1.29, 1.82) is 0 Å². The number of aliphatic hydroxyl groups is 1. The number of rotatable bonds is 9. The third-order valence-corrected chi connectivity index (χ3v) is 6.49. The summed E-state index contributed by atoms with van der Waals surface area (Å²) in [6, 6.07) is 19.6. The highest BCUT2D eigenvalue weighted by Crippen LogP contribution is 2.37. The summed E-state index contributed by atoms with van der Waals surface area (Å²) in [4.78, 5) is 4.61. The van der Waals surface area contributed by atoms with Gasteiger partial charge in [-0.05, 0) is 45.7 Å². The number of hydrogen-bond donors (Lipinski definition) is 2. The first-order valence-corrected chi connectivity index (χ1v) is 12.4. The number of aliphatic hydroxyl groups excluding tert-OH is 1. The predicted molar refractivity (Wildman–Crippen MR) is 140 cm³/mol. The average molecular weight is 496 g/mol. The van der Waals surface area contributed by atoms with E-state index in [2.05, 4.69) is 49.2 Å². The van der Waals surface area contributed by atoms with Crippen molar-refractivity contribution >= 4 is 0 Å². The molecule has 188 valence electrons. The van der Waals surface area contributed by atoms with Crippen LogP contribution in [0.1, 0.15) is 42.5 Å². The Balaban J connectivity index is 1.64. The van der Waals surface area contributed by atoms with Gasteiger partial charge in [0.05, 0.1) is 17.9 Å². The minimum atomic E-state index is -0.0942. The molecular formula is C28H29N7O2. The van der Waals surface area contributed by atoms with Crippen LogP contribution in [-0.4, -0.2) is 35.3 Å². The number of aromatic nitrogens is 7. The van der Waals surface area contributed by atoms with Crippen LogP contribution in [0.25, 0.3) is 33.8 Å². The second kappa shape index (κ2) is 10.7. The number of pyridine rings is 1. The number of hydrogen-bond acceptors (Lipinski definition) is 6. The molecule has 0 fully saturated rings. The van der Waals surface area contributed by atoms with Gasteiger partial charge < -0.3 is 14.9 Å². The van der Waals surface area contributed by atoms with Crippen LogP contribution in [-0.2, 0) is 19.6 Å². The molecule has 0 radical (unpaired) electrons. The van der Waals surface area contributed by atoms with E-state index in [9.17, 15) is 10.3 Å². The van der Waals surface area contributed by atoms with Crippen molar-refractivity contribution in [1.82, 2.24) is 30.2 Å². The molecule has 9 heteroatoms. The number of aryl methyl sites for hydroxylation is 2. The number of nitrogens with one attached hydrogen (secondary N) is 1. The molecule has 3 heterocycles. The van der Waals surface area contributed by atoms with Gasteiger partial charge in [0.25, 0.3) is 0 Å². The highest BCUT2D eigenvalue weighted by molar-refractivity contribution is 5.89. The van der Waals surface area contributed by atoms with Crippen LogP contribution in [0, 0.1) is 12.1 Å². The van der Waals surface area contributed by atoms with Gasteiger partial charge in [-0.1, -0.05) is 49.7 Å². The largest absolute Gasteiger partial charge is 0.618 e. The molecule has 2 aromatic carbocycles. The van der Waals surface area contributed by atoms with E-state index in [0.717, 1.165) is 57.6 Å². The number of tetrazole rings is 1. The van der Waals surface area contributed by atoms with Gasteiger partial charge in [0, 0.05) is 43.8 Å². The Labute approximate surface area is 215 Å². The molecule has 2 N–H and O–H groups in total. The zero-order valence-electron chi connectivity index (χ0n) is 20.9. The van der Waals surface area contributed by atoms with Crippen LogP contribution in [0.4, 0.5) is 0 Å². The Morgan fingerprint density at radius 3 is 2.57 bits per heavy atom. The van der Waals surface area contributed by atoms with Gasteiger partial charge in [-0.25, -0.2) is 10.1 Å². The molecule has 0 aliphatic rings. The number of benzene rings is 2. The van der Waals surface area contributed by atoms with Gasteiger partial charge in [0.15, 0.2) is 11.5 Å². The van der Waals surface area contributed by atoms with E-state index < -0.39 is 0 Å². The average Bonchev–Trinajstić information content (AvgIpc) is 3.59. The maximum Gasteiger partial charge on any atom is 0.224 e. The third-order valence-electron chi connectivity index (χ3n) is 6.49. The molecule has 3 aromatic heterocycles. The molecular weight excluding hydrogens is 466 g/mol. The number of unbranched alkanes of at least 4 members (excludes halogenated alkanes) is 1. The van der Waals surface area contributed by atoms with Crippen LogP contribution >= 0.6 is 0 Å². The van der Waals surface area contributed by atoms with Gasteiger partial charge in [-0.2, -0.15) is 4.73 Å². The van der Waals surface area contributed by atoms with Gasteiger partial charge in [-0.15, -0.1) is 5.10 Å². The Bertz CT molecular complexity index is 1510. The molecule has 0 atom stereocenters. The van der Waals surface area contributed by atoms with E-state index in [4.69, 9.17) is 0 Å². The molecule has 0 saturated carbocycles. The van der Waals surface area contributed by atoms with Crippen molar-refractivity contribution in [2.75, 3.05) is 0 Å². The minimum Gasteiger partial charge on any atom is -0.618 e. The summed E-state index contributed by atoms with van der Waals surface area (Å²) in [6.45, 7) is 4.44. The van der Waals surface area contributed by atoms with Crippen molar-refractivity contribution in [3.05, 3.63) is 94.8 Å². The fraction of sp³-hybridized carbons (Fsp3) is 0.250. The Morgan fingerprint density at radius 1 is 1.00 bits per heavy atom. The first-order chi connectivity index (χ1) is 18.1. The highest BCUT2D eigenvalue weighted by atomic mass is 16.5. The van der Waals surface area contributed by atoms with Crippen molar-refractivity contribution in [3.63, 3.8) is 0 Å². The van der Waals surface area contributed by atoms with Gasteiger partial charge in [0.1, 0.15) is 5.82 Å². The topological polar surface area (TPSA) is 119 Å². The molecule has 5 rings (SSSR count). The number of nitrogens with zero attached hydrogens (tertiary/aromatic N) is 6. The zero-order valence-corrected chi connectivity index (χ0v) is 20.9. The molecule has 5 aromatic rings. The van der Waals surface area contributed by atoms with Crippen LogP contribution < -0.4 is 4.73 Å². The number of H-pyrrole nitrogens is 1. The molecule has 0 aliphatic heterocycles. The Morgan fingerprint density at radius 2 is 1.81 bits per heavy atom. The Hall–Kier alpha value is -4.37. The lowest BCUT2D eigenvalue weighted by atomic mass is 9.91. The zero-order chi connectivity index (χ0) is 25.8. The molecule has 9 nitrogen and oxygen atoms in total. The van der Waals surface area contributed by atoms with Crippen molar-refractivity contribution < 1.29 is 9.84 Å². The fourth-order valence-electron chi connectivity index (χ4n) is 4.59. The molecule has 0 saturated heterocycles. The normalized spacial score (nSPS) is 11.2. The number of imidazole rings is 1. The van der Waals surface area contributed by atoms with Crippen LogP contribution in [0.2, 0.25) is 0 Å². The van der Waals surface area contributed by atoms with Gasteiger partial charge in [0.2, 0.25) is 5.69 Å². The quantitative estimate of drug-likeness (QED) is 0.233. The fourth-order valence-corrected chi connectivity index (χ4v) is 4.59. The number of aromatic amines is 1. The minimum absolute atomic E-state index is 0.0942. The maximum atomic E-state index is 13.2. The highest BCUT2D eigenvalue weighted by Gasteiger charge is 2.20. The first-order valence-electron chi connectivity index (χ1n) is 12.4. The summed E-state index contributed by atoms with van der Waals surface area (Å²) in [7, 11) is 0. The molecule has 37 heavy (non-hydrogen) atoms. The van der Waals surface area contributed by atoms with E-state index in [1.807, 2.05) is 48.7 Å². The molecule has 0 bridgehead atoms. The van der Waals surface area contributed by atoms with Crippen molar-refractivity contribution in [3.8, 4) is 33.8 Å². The summed E-state index contributed by atoms with van der Waals surface area (Å²) in [5.41, 5.74) is 6.34. The van der Waals surface area contributed by atoms with E-state index >= 15 is 0 Å². The standard InChI is InChI=1S/C28H29N7O2/c1-3-4-12-27-29-21(18-36)17-34(27)16-20-13-14-23(25(15-20)26-11-7-8-19(2)35(26)37)22-9-5-6-10-24(22)28-30-32-33-31-28/h5-11,13-15,17,36H,3-4,12,16,18H2,1-2H3,(H,30,31,32,33). The maximum absolute atomic E-state index is 13.2. The second-order valence-corrected chi connectivity index (χ2v) is 9.06. The summed E-state index contributed by atoms with van der Waals surface area (Å²) in [5, 5.41) is 37.3. The smallest absolute Gasteiger partial charge is 0.224 e. The summed E-state index contributed by atoms with van der Waals surface area (Å²) in [6.07, 6.45) is 4.85. The predicted octanol–water partition coefficient (Wildman–Crippen LogP) is 4.22. The van der Waals surface area contributed by atoms with E-state index in [0.29, 0.717) is 29.5 Å². The summed E-state index contributed by atoms with van der Waals surface area (Å²) in [5.74, 6) is 1.51. The lowest BCUT2D eigenvalue weighted by Gasteiger charge is -2.16. The lowest BCUT2D eigenvalue weighted by molar-refractivity contribution is -0.600. The van der Waals surface area contributed by atoms with Crippen molar-refractivity contribution in [2.24, 2.45) is 0 Å². The van der Waals surface area contributed by atoms with E-state index in [1.165, 1.54) is 0 Å². The molecule has 0 aliphatic carbocycles. The molecule has 0 spiro atoms. The lowest BCUT2D eigenvalue weighted by Crippen LogP contribution is -2.32. The van der Waals surface area contributed by atoms with E-state index in [-0.39, 0.29) is 6.61 Å². The van der Waals surface area contributed by atoms with E-state index in [1.54, 1.807) is 13.0 Å². The first kappa shape index (κ1) is 24.3. The molecule has 0 amide bonds.